The molecule has 1 aliphatic rings. The van der Waals surface area contributed by atoms with Gasteiger partial charge in [0.05, 0.1) is 22.5 Å². The monoisotopic (exact) mass is 408 g/mol. The number of H-pyrrole nitrogens is 1. The van der Waals surface area contributed by atoms with Gasteiger partial charge in [-0.05, 0) is 49.2 Å². The topological polar surface area (TPSA) is 53.1 Å². The predicted molar refractivity (Wildman–Crippen MR) is 104 cm³/mol. The van der Waals surface area contributed by atoms with Gasteiger partial charge in [0.2, 0.25) is 0 Å². The Morgan fingerprint density at radius 3 is 2.38 bits per heavy atom. The van der Waals surface area contributed by atoms with Gasteiger partial charge >= 0.3 is 6.18 Å². The lowest BCUT2D eigenvalue weighted by molar-refractivity contribution is -0.179. The number of hydrogen-bond donors (Lipinski definition) is 2. The summed E-state index contributed by atoms with van der Waals surface area (Å²) in [5.74, 6) is -1.81. The van der Waals surface area contributed by atoms with Gasteiger partial charge in [-0.15, -0.1) is 0 Å². The van der Waals surface area contributed by atoms with Crippen LogP contribution < -0.4 is 15.8 Å². The van der Waals surface area contributed by atoms with Crippen molar-refractivity contribution < 1.29 is 17.6 Å². The Balaban J connectivity index is 1.48. The van der Waals surface area contributed by atoms with Crippen LogP contribution in [-0.2, 0) is 7.05 Å². The van der Waals surface area contributed by atoms with E-state index in [1.807, 2.05) is 0 Å². The molecule has 154 valence electrons. The number of aromatic nitrogens is 2. The fourth-order valence-electron chi connectivity index (χ4n) is 3.77. The zero-order valence-electron chi connectivity index (χ0n) is 15.7. The summed E-state index contributed by atoms with van der Waals surface area (Å²) >= 11 is 0. The Hall–Kier alpha value is -2.97. The molecule has 4 rings (SSSR count). The summed E-state index contributed by atoms with van der Waals surface area (Å²) in [6.45, 7) is 0.345. The second-order valence-electron chi connectivity index (χ2n) is 7.33. The number of alkyl halides is 3. The van der Waals surface area contributed by atoms with Crippen molar-refractivity contribution in [2.75, 3.05) is 23.3 Å². The first-order chi connectivity index (χ1) is 13.7. The third-order valence-electron chi connectivity index (χ3n) is 5.38. The molecule has 1 fully saturated rings. The highest BCUT2D eigenvalue weighted by Crippen LogP contribution is 2.36. The number of aromatic amines is 1. The number of benzene rings is 2. The average molecular weight is 408 g/mol. The molecule has 1 saturated heterocycles. The Bertz CT molecular complexity index is 1090. The Kier molecular flexibility index (Phi) is 4.76. The van der Waals surface area contributed by atoms with Gasteiger partial charge in [-0.3, -0.25) is 14.6 Å². The van der Waals surface area contributed by atoms with Crippen LogP contribution in [0.1, 0.15) is 12.8 Å². The van der Waals surface area contributed by atoms with Crippen molar-refractivity contribution in [1.29, 1.82) is 0 Å². The highest BCUT2D eigenvalue weighted by atomic mass is 19.4. The molecule has 0 atom stereocenters. The van der Waals surface area contributed by atoms with E-state index in [1.54, 1.807) is 42.3 Å². The van der Waals surface area contributed by atoms with Crippen molar-refractivity contribution in [1.82, 2.24) is 9.78 Å². The lowest BCUT2D eigenvalue weighted by Crippen LogP contribution is -2.39. The molecule has 0 bridgehead atoms. The molecular formula is C20H20F4N4O. The second-order valence-corrected chi connectivity index (χ2v) is 7.33. The summed E-state index contributed by atoms with van der Waals surface area (Å²) in [7, 11) is 1.63. The fraction of sp³-hybridized carbons (Fsp3) is 0.350. The van der Waals surface area contributed by atoms with E-state index in [9.17, 15) is 22.4 Å². The van der Waals surface area contributed by atoms with E-state index in [1.165, 1.54) is 10.7 Å². The molecule has 2 N–H and O–H groups in total. The third kappa shape index (κ3) is 3.81. The van der Waals surface area contributed by atoms with Crippen molar-refractivity contribution in [2.24, 2.45) is 13.0 Å². The molecule has 0 spiro atoms. The molecule has 0 radical (unpaired) electrons. The van der Waals surface area contributed by atoms with E-state index in [2.05, 4.69) is 10.4 Å². The molecule has 2 heterocycles. The number of aryl methyl sites for hydroxylation is 1. The Morgan fingerprint density at radius 1 is 1.07 bits per heavy atom. The first-order valence-corrected chi connectivity index (χ1v) is 9.29. The van der Waals surface area contributed by atoms with Crippen LogP contribution in [0.2, 0.25) is 0 Å². The highest BCUT2D eigenvalue weighted by molar-refractivity contribution is 5.82. The molecule has 29 heavy (non-hydrogen) atoms. The second kappa shape index (κ2) is 7.13. The van der Waals surface area contributed by atoms with Gasteiger partial charge in [-0.2, -0.15) is 13.2 Å². The van der Waals surface area contributed by atoms with E-state index in [-0.39, 0.29) is 31.5 Å². The SMILES string of the molecule is Cn1[nH]c2cc(Nc3ccc(N4CCC(C(F)(F)F)CC4)c(F)c3)ccc2c1=O. The van der Waals surface area contributed by atoms with Gasteiger partial charge in [0.15, 0.2) is 0 Å². The van der Waals surface area contributed by atoms with E-state index < -0.39 is 17.9 Å². The normalized spacial score (nSPS) is 15.8. The average Bonchev–Trinajstić information content (AvgIpc) is 2.95. The maximum Gasteiger partial charge on any atom is 0.391 e. The van der Waals surface area contributed by atoms with E-state index >= 15 is 0 Å². The molecule has 2 aromatic carbocycles. The minimum Gasteiger partial charge on any atom is -0.369 e. The van der Waals surface area contributed by atoms with Crippen LogP contribution in [0.3, 0.4) is 0 Å². The summed E-state index contributed by atoms with van der Waals surface area (Å²) in [6.07, 6.45) is -4.25. The van der Waals surface area contributed by atoms with Gasteiger partial charge in [-0.25, -0.2) is 4.39 Å². The maximum absolute atomic E-state index is 14.6. The number of halogens is 4. The van der Waals surface area contributed by atoms with Crippen molar-refractivity contribution in [3.8, 4) is 0 Å². The maximum atomic E-state index is 14.6. The molecule has 5 nitrogen and oxygen atoms in total. The number of nitrogens with zero attached hydrogens (tertiary/aromatic N) is 2. The van der Waals surface area contributed by atoms with Crippen molar-refractivity contribution >= 4 is 28.0 Å². The minimum absolute atomic E-state index is 0.0295. The third-order valence-corrected chi connectivity index (χ3v) is 5.38. The lowest BCUT2D eigenvalue weighted by Gasteiger charge is -2.34. The molecule has 9 heteroatoms. The number of anilines is 3. The van der Waals surface area contributed by atoms with Crippen molar-refractivity contribution in [2.45, 2.75) is 19.0 Å². The van der Waals surface area contributed by atoms with Gasteiger partial charge in [0.1, 0.15) is 5.82 Å². The fourth-order valence-corrected chi connectivity index (χ4v) is 3.77. The first kappa shape index (κ1) is 19.4. The summed E-state index contributed by atoms with van der Waals surface area (Å²) < 4.78 is 54.4. The number of hydrogen-bond acceptors (Lipinski definition) is 3. The predicted octanol–water partition coefficient (Wildman–Crippen LogP) is 4.53. The van der Waals surface area contributed by atoms with Crippen LogP contribution in [-0.4, -0.2) is 29.0 Å². The lowest BCUT2D eigenvalue weighted by atomic mass is 9.96. The van der Waals surface area contributed by atoms with Gasteiger partial charge in [0.25, 0.3) is 5.56 Å². The van der Waals surface area contributed by atoms with E-state index in [0.29, 0.717) is 28.0 Å². The zero-order valence-corrected chi connectivity index (χ0v) is 15.7. The summed E-state index contributed by atoms with van der Waals surface area (Å²) in [5, 5.41) is 6.58. The van der Waals surface area contributed by atoms with E-state index in [0.717, 1.165) is 0 Å². The van der Waals surface area contributed by atoms with E-state index in [4.69, 9.17) is 0 Å². The van der Waals surface area contributed by atoms with Crippen LogP contribution >= 0.6 is 0 Å². The first-order valence-electron chi connectivity index (χ1n) is 9.29. The largest absolute Gasteiger partial charge is 0.391 e. The van der Waals surface area contributed by atoms with Crippen LogP contribution in [0, 0.1) is 11.7 Å². The highest BCUT2D eigenvalue weighted by Gasteiger charge is 2.41. The summed E-state index contributed by atoms with van der Waals surface area (Å²) in [4.78, 5) is 13.6. The molecule has 1 aliphatic heterocycles. The van der Waals surface area contributed by atoms with Crippen molar-refractivity contribution in [3.63, 3.8) is 0 Å². The molecular weight excluding hydrogens is 388 g/mol. The van der Waals surface area contributed by atoms with Crippen molar-refractivity contribution in [3.05, 3.63) is 52.6 Å². The van der Waals surface area contributed by atoms with Gasteiger partial charge in [-0.1, -0.05) is 0 Å². The number of fused-ring (bicyclic) bond motifs is 1. The number of piperidine rings is 1. The Labute approximate surface area is 163 Å². The Morgan fingerprint density at radius 2 is 1.72 bits per heavy atom. The van der Waals surface area contributed by atoms with Crippen LogP contribution in [0.5, 0.6) is 0 Å². The van der Waals surface area contributed by atoms with Crippen LogP contribution in [0.25, 0.3) is 10.9 Å². The standard InChI is InChI=1S/C20H20F4N4O/c1-27-19(29)15-4-2-14(11-17(15)26-27)25-13-3-5-18(16(21)10-13)28-8-6-12(7-9-28)20(22,23)24/h2-5,10-12,25-26H,6-9H2,1H3. The summed E-state index contributed by atoms with van der Waals surface area (Å²) in [5.41, 5.74) is 2.02. The number of rotatable bonds is 3. The summed E-state index contributed by atoms with van der Waals surface area (Å²) in [6, 6.07) is 9.76. The molecule has 0 amide bonds. The van der Waals surface area contributed by atoms with Gasteiger partial charge < -0.3 is 10.2 Å². The molecule has 1 aromatic heterocycles. The quantitative estimate of drug-likeness (QED) is 0.627. The van der Waals surface area contributed by atoms with Crippen LogP contribution in [0.15, 0.2) is 41.2 Å². The minimum atomic E-state index is -4.19. The number of nitrogens with one attached hydrogen (secondary N) is 2. The van der Waals surface area contributed by atoms with Gasteiger partial charge in [0, 0.05) is 31.5 Å². The van der Waals surface area contributed by atoms with Crippen LogP contribution in [0.4, 0.5) is 34.6 Å². The zero-order chi connectivity index (χ0) is 20.8. The molecule has 0 aliphatic carbocycles. The molecule has 3 aromatic rings. The molecule has 0 unspecified atom stereocenters. The smallest absolute Gasteiger partial charge is 0.369 e. The molecule has 0 saturated carbocycles.